The first-order valence-corrected chi connectivity index (χ1v) is 6.93. The van der Waals surface area contributed by atoms with Gasteiger partial charge in [-0.05, 0) is 31.2 Å². The van der Waals surface area contributed by atoms with E-state index in [4.69, 9.17) is 14.2 Å². The first-order chi connectivity index (χ1) is 10.6. The van der Waals surface area contributed by atoms with Crippen LogP contribution in [0, 0.1) is 6.92 Å². The summed E-state index contributed by atoms with van der Waals surface area (Å²) in [5, 5.41) is 3.20. The number of esters is 1. The molecule has 0 saturated carbocycles. The Balaban J connectivity index is 1.96. The molecule has 0 bridgehead atoms. The maximum absolute atomic E-state index is 12.2. The predicted molar refractivity (Wildman–Crippen MR) is 82.5 cm³/mol. The monoisotopic (exact) mass is 299 g/mol. The quantitative estimate of drug-likeness (QED) is 0.878. The van der Waals surface area contributed by atoms with Crippen LogP contribution in [0.4, 0.5) is 5.69 Å². The summed E-state index contributed by atoms with van der Waals surface area (Å²) in [6.07, 6.45) is -0.537. The Morgan fingerprint density at radius 2 is 1.77 bits per heavy atom. The number of ether oxygens (including phenoxy) is 3. The molecule has 114 valence electrons. The molecule has 1 heterocycles. The molecule has 1 atom stereocenters. The Morgan fingerprint density at radius 1 is 1.05 bits per heavy atom. The Morgan fingerprint density at radius 3 is 2.41 bits per heavy atom. The van der Waals surface area contributed by atoms with E-state index in [-0.39, 0.29) is 0 Å². The molecule has 5 nitrogen and oxygen atoms in total. The van der Waals surface area contributed by atoms with Crippen LogP contribution in [0.15, 0.2) is 36.4 Å². The molecule has 1 aliphatic rings. The van der Waals surface area contributed by atoms with Crippen LogP contribution in [0.2, 0.25) is 0 Å². The van der Waals surface area contributed by atoms with Crippen molar-refractivity contribution < 1.29 is 19.0 Å². The number of methoxy groups -OCH3 is 2. The van der Waals surface area contributed by atoms with Gasteiger partial charge >= 0.3 is 5.97 Å². The average molecular weight is 299 g/mol. The van der Waals surface area contributed by atoms with Crippen LogP contribution in [-0.4, -0.2) is 20.2 Å². The summed E-state index contributed by atoms with van der Waals surface area (Å²) in [6, 6.07) is 11.5. The minimum absolute atomic E-state index is 0.401. The van der Waals surface area contributed by atoms with Crippen LogP contribution in [0.25, 0.3) is 0 Å². The Bertz CT molecular complexity index is 709. The summed E-state index contributed by atoms with van der Waals surface area (Å²) in [5.41, 5.74) is 3.20. The van der Waals surface area contributed by atoms with Crippen LogP contribution in [0.1, 0.15) is 27.7 Å². The molecule has 0 radical (unpaired) electrons. The van der Waals surface area contributed by atoms with Gasteiger partial charge in [-0.2, -0.15) is 0 Å². The minimum atomic E-state index is -0.537. The SMILES string of the molecule is COc1ccc2c(c1OC)C(=O)O[C@@H]2Nc1ccc(C)cc1. The molecule has 0 saturated heterocycles. The van der Waals surface area contributed by atoms with Crippen LogP contribution in [0.5, 0.6) is 11.5 Å². The first-order valence-electron chi connectivity index (χ1n) is 6.93. The molecule has 1 N–H and O–H groups in total. The van der Waals surface area contributed by atoms with Gasteiger partial charge in [0.1, 0.15) is 5.56 Å². The number of benzene rings is 2. The zero-order valence-electron chi connectivity index (χ0n) is 12.7. The highest BCUT2D eigenvalue weighted by molar-refractivity contribution is 5.98. The molecule has 3 rings (SSSR count). The molecule has 0 unspecified atom stereocenters. The van der Waals surface area contributed by atoms with Gasteiger partial charge in [-0.1, -0.05) is 17.7 Å². The van der Waals surface area contributed by atoms with Gasteiger partial charge in [0.15, 0.2) is 11.5 Å². The molecule has 0 aliphatic carbocycles. The van der Waals surface area contributed by atoms with Crippen molar-refractivity contribution in [2.75, 3.05) is 19.5 Å². The molecular formula is C17H17NO4. The van der Waals surface area contributed by atoms with Gasteiger partial charge in [0, 0.05) is 11.3 Å². The lowest BCUT2D eigenvalue weighted by atomic mass is 10.1. The van der Waals surface area contributed by atoms with Crippen LogP contribution in [-0.2, 0) is 4.74 Å². The van der Waals surface area contributed by atoms with E-state index in [9.17, 15) is 4.79 Å². The molecule has 5 heteroatoms. The number of carbonyl (C=O) groups excluding carboxylic acids is 1. The van der Waals surface area contributed by atoms with E-state index >= 15 is 0 Å². The van der Waals surface area contributed by atoms with E-state index in [0.717, 1.165) is 11.3 Å². The van der Waals surface area contributed by atoms with Crippen molar-refractivity contribution in [2.24, 2.45) is 0 Å². The van der Waals surface area contributed by atoms with E-state index in [0.29, 0.717) is 17.1 Å². The molecule has 2 aromatic rings. The second kappa shape index (κ2) is 5.60. The van der Waals surface area contributed by atoms with Crippen molar-refractivity contribution in [1.82, 2.24) is 0 Å². The third-order valence-corrected chi connectivity index (χ3v) is 3.64. The lowest BCUT2D eigenvalue weighted by Crippen LogP contribution is -2.10. The topological polar surface area (TPSA) is 56.8 Å². The lowest BCUT2D eigenvalue weighted by Gasteiger charge is -2.15. The number of anilines is 1. The third-order valence-electron chi connectivity index (χ3n) is 3.64. The largest absolute Gasteiger partial charge is 0.493 e. The number of hydrogen-bond acceptors (Lipinski definition) is 5. The van der Waals surface area contributed by atoms with Gasteiger partial charge in [-0.3, -0.25) is 0 Å². The average Bonchev–Trinajstić information content (AvgIpc) is 2.85. The smallest absolute Gasteiger partial charge is 0.344 e. The van der Waals surface area contributed by atoms with E-state index in [1.807, 2.05) is 37.3 Å². The summed E-state index contributed by atoms with van der Waals surface area (Å²) < 4.78 is 16.0. The molecule has 22 heavy (non-hydrogen) atoms. The van der Waals surface area contributed by atoms with Crippen molar-refractivity contribution in [3.8, 4) is 11.5 Å². The predicted octanol–water partition coefficient (Wildman–Crippen LogP) is 3.29. The van der Waals surface area contributed by atoms with Gasteiger partial charge < -0.3 is 19.5 Å². The second-order valence-corrected chi connectivity index (χ2v) is 5.06. The molecule has 1 aliphatic heterocycles. The summed E-state index contributed by atoms with van der Waals surface area (Å²) in [4.78, 5) is 12.2. The molecule has 0 aromatic heterocycles. The highest BCUT2D eigenvalue weighted by Crippen LogP contribution is 2.41. The fraction of sp³-hybridized carbons (Fsp3) is 0.235. The molecule has 0 fully saturated rings. The highest BCUT2D eigenvalue weighted by atomic mass is 16.6. The van der Waals surface area contributed by atoms with E-state index in [2.05, 4.69) is 5.32 Å². The van der Waals surface area contributed by atoms with Crippen LogP contribution in [0.3, 0.4) is 0 Å². The normalized spacial score (nSPS) is 16.0. The maximum Gasteiger partial charge on any atom is 0.344 e. The van der Waals surface area contributed by atoms with Gasteiger partial charge in [-0.25, -0.2) is 4.79 Å². The summed E-state index contributed by atoms with van der Waals surface area (Å²) in [5.74, 6) is 0.489. The number of hydrogen-bond donors (Lipinski definition) is 1. The summed E-state index contributed by atoms with van der Waals surface area (Å²) >= 11 is 0. The fourth-order valence-electron chi connectivity index (χ4n) is 2.51. The van der Waals surface area contributed by atoms with Crippen molar-refractivity contribution >= 4 is 11.7 Å². The zero-order chi connectivity index (χ0) is 15.7. The number of fused-ring (bicyclic) bond motifs is 1. The van der Waals surface area contributed by atoms with Gasteiger partial charge in [0.2, 0.25) is 6.23 Å². The summed E-state index contributed by atoms with van der Waals surface area (Å²) in [6.45, 7) is 2.02. The standard InChI is InChI=1S/C17H17NO4/c1-10-4-6-11(7-5-10)18-16-12-8-9-13(20-2)15(21-3)14(12)17(19)22-16/h4-9,16,18H,1-3H3/t16-/m0/s1. The molecule has 2 aromatic carbocycles. The molecular weight excluding hydrogens is 282 g/mol. The van der Waals surface area contributed by atoms with Gasteiger partial charge in [0.05, 0.1) is 14.2 Å². The number of carbonyl (C=O) groups is 1. The third kappa shape index (κ3) is 2.35. The van der Waals surface area contributed by atoms with Gasteiger partial charge in [-0.15, -0.1) is 0 Å². The molecule has 0 amide bonds. The fourth-order valence-corrected chi connectivity index (χ4v) is 2.51. The van der Waals surface area contributed by atoms with Crippen LogP contribution < -0.4 is 14.8 Å². The van der Waals surface area contributed by atoms with E-state index < -0.39 is 12.2 Å². The number of cyclic esters (lactones) is 1. The maximum atomic E-state index is 12.2. The van der Waals surface area contributed by atoms with Gasteiger partial charge in [0.25, 0.3) is 0 Å². The Hall–Kier alpha value is -2.69. The van der Waals surface area contributed by atoms with Crippen molar-refractivity contribution in [3.63, 3.8) is 0 Å². The van der Waals surface area contributed by atoms with Crippen molar-refractivity contribution in [3.05, 3.63) is 53.1 Å². The Labute approximate surface area is 128 Å². The lowest BCUT2D eigenvalue weighted by molar-refractivity contribution is 0.0435. The Kier molecular flexibility index (Phi) is 3.63. The molecule has 0 spiro atoms. The zero-order valence-corrected chi connectivity index (χ0v) is 12.7. The highest BCUT2D eigenvalue weighted by Gasteiger charge is 2.35. The van der Waals surface area contributed by atoms with E-state index in [1.54, 1.807) is 6.07 Å². The first kappa shape index (κ1) is 14.3. The van der Waals surface area contributed by atoms with E-state index in [1.165, 1.54) is 19.8 Å². The van der Waals surface area contributed by atoms with Crippen molar-refractivity contribution in [1.29, 1.82) is 0 Å². The number of rotatable bonds is 4. The minimum Gasteiger partial charge on any atom is -0.493 e. The second-order valence-electron chi connectivity index (χ2n) is 5.06. The van der Waals surface area contributed by atoms with Crippen LogP contribution >= 0.6 is 0 Å². The number of aryl methyl sites for hydroxylation is 1. The van der Waals surface area contributed by atoms with Crippen molar-refractivity contribution in [2.45, 2.75) is 13.2 Å². The summed E-state index contributed by atoms with van der Waals surface area (Å²) in [7, 11) is 3.04. The number of nitrogens with one attached hydrogen (secondary N) is 1.